The summed E-state index contributed by atoms with van der Waals surface area (Å²) in [6.07, 6.45) is 1.99. The fourth-order valence-electron chi connectivity index (χ4n) is 4.92. The summed E-state index contributed by atoms with van der Waals surface area (Å²) in [7, 11) is 0. The number of aromatic nitrogens is 3. The molecule has 0 bridgehead atoms. The Balaban J connectivity index is 1.22. The lowest BCUT2D eigenvalue weighted by Gasteiger charge is -2.35. The standard InChI is InChI=1S/C31H30ClN7OS/c1-21-17-23(32)11-12-25(21)34-31(40)37-30-35-28(39-15-13-38(14-16-39)20-22-7-3-2-4-8-22)18-29(36-30)41-27-19-33-26-10-6-5-9-24(26)27/h2-12,17-19,33H,13-16,20H2,1H3,(H2,34,35,36,37,40). The Kier molecular flexibility index (Phi) is 8.09. The number of piperazine rings is 1. The number of carbonyl (C=O) groups is 1. The van der Waals surface area contributed by atoms with Crippen molar-refractivity contribution in [3.8, 4) is 0 Å². The number of nitrogens with zero attached hydrogens (tertiary/aromatic N) is 4. The summed E-state index contributed by atoms with van der Waals surface area (Å²) in [4.78, 5) is 31.5. The third kappa shape index (κ3) is 6.65. The minimum atomic E-state index is -0.414. The normalized spacial score (nSPS) is 13.9. The highest BCUT2D eigenvalue weighted by Gasteiger charge is 2.21. The van der Waals surface area contributed by atoms with E-state index in [0.29, 0.717) is 10.7 Å². The Morgan fingerprint density at radius 3 is 2.54 bits per heavy atom. The van der Waals surface area contributed by atoms with E-state index in [-0.39, 0.29) is 5.95 Å². The van der Waals surface area contributed by atoms with E-state index in [1.807, 2.05) is 43.5 Å². The lowest BCUT2D eigenvalue weighted by Crippen LogP contribution is -2.46. The van der Waals surface area contributed by atoms with Crippen LogP contribution >= 0.6 is 23.4 Å². The van der Waals surface area contributed by atoms with Crippen LogP contribution < -0.4 is 15.5 Å². The predicted molar refractivity (Wildman–Crippen MR) is 167 cm³/mol. The highest BCUT2D eigenvalue weighted by Crippen LogP contribution is 2.34. The van der Waals surface area contributed by atoms with Crippen LogP contribution in [0.1, 0.15) is 11.1 Å². The van der Waals surface area contributed by atoms with Crippen LogP contribution in [0.25, 0.3) is 10.9 Å². The maximum absolute atomic E-state index is 13.0. The van der Waals surface area contributed by atoms with Gasteiger partial charge in [-0.05, 0) is 42.3 Å². The number of amides is 2. The second kappa shape index (κ2) is 12.2. The third-order valence-corrected chi connectivity index (χ3v) is 8.27. The first kappa shape index (κ1) is 27.1. The molecule has 0 spiro atoms. The number of anilines is 3. The van der Waals surface area contributed by atoms with Crippen molar-refractivity contribution >= 4 is 57.8 Å². The number of hydrogen-bond acceptors (Lipinski definition) is 6. The third-order valence-electron chi connectivity index (χ3n) is 7.06. The molecule has 1 aliphatic heterocycles. The summed E-state index contributed by atoms with van der Waals surface area (Å²) in [5, 5.41) is 8.22. The molecule has 0 saturated carbocycles. The lowest BCUT2D eigenvalue weighted by molar-refractivity contribution is 0.249. The molecule has 208 valence electrons. The maximum atomic E-state index is 13.0. The molecule has 2 aromatic heterocycles. The number of nitrogens with one attached hydrogen (secondary N) is 3. The molecule has 3 heterocycles. The number of fused-ring (bicyclic) bond motifs is 1. The zero-order chi connectivity index (χ0) is 28.2. The molecule has 2 amide bonds. The van der Waals surface area contributed by atoms with Crippen LogP contribution in [0.3, 0.4) is 0 Å². The molecule has 1 fully saturated rings. The van der Waals surface area contributed by atoms with Crippen molar-refractivity contribution in [3.05, 3.63) is 101 Å². The topological polar surface area (TPSA) is 89.2 Å². The van der Waals surface area contributed by atoms with E-state index in [1.165, 1.54) is 5.56 Å². The smallest absolute Gasteiger partial charge is 0.326 e. The van der Waals surface area contributed by atoms with Gasteiger partial charge in [0.1, 0.15) is 10.8 Å². The first-order valence-electron chi connectivity index (χ1n) is 13.5. The molecule has 41 heavy (non-hydrogen) atoms. The monoisotopic (exact) mass is 583 g/mol. The van der Waals surface area contributed by atoms with Gasteiger partial charge in [0.15, 0.2) is 0 Å². The SMILES string of the molecule is Cc1cc(Cl)ccc1NC(=O)Nc1nc(Sc2c[nH]c3ccccc23)cc(N2CCN(Cc3ccccc3)CC2)n1. The van der Waals surface area contributed by atoms with Crippen molar-refractivity contribution < 1.29 is 4.79 Å². The highest BCUT2D eigenvalue weighted by molar-refractivity contribution is 7.99. The Hall–Kier alpha value is -4.05. The van der Waals surface area contributed by atoms with Crippen LogP contribution in [0.4, 0.5) is 22.2 Å². The number of carbonyl (C=O) groups excluding carboxylic acids is 1. The molecule has 0 radical (unpaired) electrons. The van der Waals surface area contributed by atoms with Gasteiger partial charge in [-0.25, -0.2) is 9.78 Å². The Morgan fingerprint density at radius 2 is 1.73 bits per heavy atom. The molecule has 1 aliphatic rings. The van der Waals surface area contributed by atoms with Crippen molar-refractivity contribution in [3.63, 3.8) is 0 Å². The quantitative estimate of drug-likeness (QED) is 0.178. The molecule has 6 rings (SSSR count). The average Bonchev–Trinajstić information content (AvgIpc) is 3.38. The Morgan fingerprint density at radius 1 is 0.951 bits per heavy atom. The summed E-state index contributed by atoms with van der Waals surface area (Å²) >= 11 is 7.62. The fourth-order valence-corrected chi connectivity index (χ4v) is 6.08. The van der Waals surface area contributed by atoms with E-state index in [0.717, 1.165) is 64.9 Å². The van der Waals surface area contributed by atoms with Crippen LogP contribution in [0, 0.1) is 6.92 Å². The zero-order valence-electron chi connectivity index (χ0n) is 22.6. The van der Waals surface area contributed by atoms with Crippen LogP contribution in [0.15, 0.2) is 95.0 Å². The largest absolute Gasteiger partial charge is 0.360 e. The Labute approximate surface area is 248 Å². The number of rotatable bonds is 7. The summed E-state index contributed by atoms with van der Waals surface area (Å²) < 4.78 is 0. The van der Waals surface area contributed by atoms with Gasteiger partial charge in [-0.1, -0.05) is 71.9 Å². The van der Waals surface area contributed by atoms with E-state index in [1.54, 1.807) is 23.9 Å². The first-order chi connectivity index (χ1) is 20.0. The number of aryl methyl sites for hydroxylation is 1. The second-order valence-corrected chi connectivity index (χ2v) is 11.5. The average molecular weight is 584 g/mol. The Bertz CT molecular complexity index is 1670. The maximum Gasteiger partial charge on any atom is 0.326 e. The minimum absolute atomic E-state index is 0.251. The first-order valence-corrected chi connectivity index (χ1v) is 14.7. The van der Waals surface area contributed by atoms with Gasteiger partial charge in [0, 0.05) is 71.5 Å². The highest BCUT2D eigenvalue weighted by atomic mass is 35.5. The summed E-state index contributed by atoms with van der Waals surface area (Å²) in [6, 6.07) is 25.6. The molecule has 5 aromatic rings. The number of H-pyrrole nitrogens is 1. The predicted octanol–water partition coefficient (Wildman–Crippen LogP) is 7.04. The van der Waals surface area contributed by atoms with E-state index in [4.69, 9.17) is 21.6 Å². The summed E-state index contributed by atoms with van der Waals surface area (Å²) in [6.45, 7) is 6.32. The van der Waals surface area contributed by atoms with E-state index in [2.05, 4.69) is 61.8 Å². The molecule has 3 N–H and O–H groups in total. The van der Waals surface area contributed by atoms with E-state index >= 15 is 0 Å². The van der Waals surface area contributed by atoms with Crippen molar-refractivity contribution in [2.24, 2.45) is 0 Å². The molecule has 3 aromatic carbocycles. The van der Waals surface area contributed by atoms with E-state index in [9.17, 15) is 4.79 Å². The molecule has 0 atom stereocenters. The number of hydrogen-bond donors (Lipinski definition) is 3. The van der Waals surface area contributed by atoms with Gasteiger partial charge in [-0.2, -0.15) is 4.98 Å². The number of benzene rings is 3. The second-order valence-electron chi connectivity index (χ2n) is 9.98. The van der Waals surface area contributed by atoms with Crippen molar-refractivity contribution in [1.82, 2.24) is 19.9 Å². The minimum Gasteiger partial charge on any atom is -0.360 e. The van der Waals surface area contributed by atoms with Crippen LogP contribution in [-0.4, -0.2) is 52.1 Å². The molecule has 0 unspecified atom stereocenters. The summed E-state index contributed by atoms with van der Waals surface area (Å²) in [5.41, 5.74) is 3.92. The molecule has 0 aliphatic carbocycles. The zero-order valence-corrected chi connectivity index (χ0v) is 24.2. The van der Waals surface area contributed by atoms with Gasteiger partial charge < -0.3 is 15.2 Å². The molecular formula is C31H30ClN7OS. The van der Waals surface area contributed by atoms with Crippen molar-refractivity contribution in [1.29, 1.82) is 0 Å². The van der Waals surface area contributed by atoms with Gasteiger partial charge >= 0.3 is 6.03 Å². The molecule has 10 heteroatoms. The van der Waals surface area contributed by atoms with Crippen molar-refractivity contribution in [2.75, 3.05) is 41.7 Å². The number of urea groups is 1. The number of halogens is 1. The molecular weight excluding hydrogens is 554 g/mol. The van der Waals surface area contributed by atoms with E-state index < -0.39 is 6.03 Å². The molecule has 1 saturated heterocycles. The van der Waals surface area contributed by atoms with Crippen molar-refractivity contribution in [2.45, 2.75) is 23.4 Å². The van der Waals surface area contributed by atoms with Crippen LogP contribution in [0.5, 0.6) is 0 Å². The number of para-hydroxylation sites is 1. The molecule has 8 nitrogen and oxygen atoms in total. The fraction of sp³-hybridized carbons (Fsp3) is 0.194. The van der Waals surface area contributed by atoms with Gasteiger partial charge in [-0.15, -0.1) is 0 Å². The van der Waals surface area contributed by atoms with Gasteiger partial charge in [0.2, 0.25) is 5.95 Å². The number of aromatic amines is 1. The van der Waals surface area contributed by atoms with Gasteiger partial charge in [-0.3, -0.25) is 10.2 Å². The lowest BCUT2D eigenvalue weighted by atomic mass is 10.2. The van der Waals surface area contributed by atoms with Gasteiger partial charge in [0.25, 0.3) is 0 Å². The van der Waals surface area contributed by atoms with Crippen LogP contribution in [0.2, 0.25) is 5.02 Å². The van der Waals surface area contributed by atoms with Gasteiger partial charge in [0.05, 0.1) is 0 Å². The van der Waals surface area contributed by atoms with Crippen LogP contribution in [-0.2, 0) is 6.54 Å². The summed E-state index contributed by atoms with van der Waals surface area (Å²) in [5.74, 6) is 1.04.